The normalized spacial score (nSPS) is 10.2. The molecule has 0 fully saturated rings. The number of aryl methyl sites for hydroxylation is 1. The molecule has 1 aromatic carbocycles. The molecule has 2 rings (SSSR count). The van der Waals surface area contributed by atoms with E-state index < -0.39 is 5.97 Å². The molecule has 0 atom stereocenters. The van der Waals surface area contributed by atoms with Crippen LogP contribution in [-0.4, -0.2) is 23.1 Å². The summed E-state index contributed by atoms with van der Waals surface area (Å²) in [4.78, 5) is 17.0. The molecule has 0 aliphatic rings. The summed E-state index contributed by atoms with van der Waals surface area (Å²) < 4.78 is 0. The van der Waals surface area contributed by atoms with E-state index in [1.54, 1.807) is 11.9 Å². The molecular formula is C14H15N3O2. The number of nitrogens with zero attached hydrogens (tertiary/aromatic N) is 2. The van der Waals surface area contributed by atoms with Crippen molar-refractivity contribution in [3.05, 3.63) is 47.7 Å². The van der Waals surface area contributed by atoms with Gasteiger partial charge in [-0.2, -0.15) is 0 Å². The Balaban J connectivity index is 2.46. The fourth-order valence-electron chi connectivity index (χ4n) is 1.81. The largest absolute Gasteiger partial charge is 0.478 e. The van der Waals surface area contributed by atoms with Gasteiger partial charge in [-0.3, -0.25) is 0 Å². The van der Waals surface area contributed by atoms with Crippen molar-refractivity contribution < 1.29 is 9.90 Å². The van der Waals surface area contributed by atoms with E-state index in [4.69, 9.17) is 5.73 Å². The lowest BCUT2D eigenvalue weighted by Crippen LogP contribution is -2.15. The second-order valence-corrected chi connectivity index (χ2v) is 4.33. The Labute approximate surface area is 111 Å². The first kappa shape index (κ1) is 12.9. The lowest BCUT2D eigenvalue weighted by Gasteiger charge is -2.21. The molecule has 1 aromatic heterocycles. The predicted molar refractivity (Wildman–Crippen MR) is 74.9 cm³/mol. The smallest absolute Gasteiger partial charge is 0.338 e. The Bertz CT molecular complexity index is 609. The zero-order chi connectivity index (χ0) is 14.0. The fraction of sp³-hybridized carbons (Fsp3) is 0.143. The van der Waals surface area contributed by atoms with Gasteiger partial charge in [0.05, 0.1) is 17.4 Å². The molecule has 0 saturated heterocycles. The lowest BCUT2D eigenvalue weighted by atomic mass is 10.1. The topological polar surface area (TPSA) is 79.5 Å². The summed E-state index contributed by atoms with van der Waals surface area (Å²) >= 11 is 0. The fourth-order valence-corrected chi connectivity index (χ4v) is 1.81. The maximum absolute atomic E-state index is 11.3. The average molecular weight is 257 g/mol. The Hall–Kier alpha value is -2.56. The minimum absolute atomic E-state index is 0.135. The highest BCUT2D eigenvalue weighted by atomic mass is 16.4. The third-order valence-electron chi connectivity index (χ3n) is 2.92. The van der Waals surface area contributed by atoms with Crippen molar-refractivity contribution in [3.63, 3.8) is 0 Å². The van der Waals surface area contributed by atoms with Gasteiger partial charge in [0.25, 0.3) is 0 Å². The van der Waals surface area contributed by atoms with Gasteiger partial charge in [0.1, 0.15) is 5.82 Å². The number of hydrogen-bond acceptors (Lipinski definition) is 4. The Kier molecular flexibility index (Phi) is 3.37. The SMILES string of the molecule is Cc1ccc(N(C)c2cnc(N)cc2C(=O)O)cc1. The third kappa shape index (κ3) is 2.65. The van der Waals surface area contributed by atoms with E-state index in [0.29, 0.717) is 5.69 Å². The van der Waals surface area contributed by atoms with E-state index in [9.17, 15) is 9.90 Å². The molecule has 19 heavy (non-hydrogen) atoms. The molecule has 5 heteroatoms. The van der Waals surface area contributed by atoms with Gasteiger partial charge in [-0.1, -0.05) is 17.7 Å². The summed E-state index contributed by atoms with van der Waals surface area (Å²) in [5.74, 6) is -0.832. The van der Waals surface area contributed by atoms with Crippen LogP contribution < -0.4 is 10.6 Å². The molecular weight excluding hydrogens is 242 g/mol. The van der Waals surface area contributed by atoms with Crippen LogP contribution in [0.15, 0.2) is 36.5 Å². The van der Waals surface area contributed by atoms with Gasteiger partial charge in [-0.15, -0.1) is 0 Å². The van der Waals surface area contributed by atoms with Gasteiger partial charge in [0.15, 0.2) is 0 Å². The zero-order valence-corrected chi connectivity index (χ0v) is 10.8. The van der Waals surface area contributed by atoms with Crippen LogP contribution >= 0.6 is 0 Å². The number of carboxylic acids is 1. The number of anilines is 3. The van der Waals surface area contributed by atoms with Crippen molar-refractivity contribution in [2.75, 3.05) is 17.7 Å². The third-order valence-corrected chi connectivity index (χ3v) is 2.92. The Morgan fingerprint density at radius 2 is 1.95 bits per heavy atom. The zero-order valence-electron chi connectivity index (χ0n) is 10.8. The maximum atomic E-state index is 11.3. The van der Waals surface area contributed by atoms with E-state index in [2.05, 4.69) is 4.98 Å². The number of carbonyl (C=O) groups is 1. The van der Waals surface area contributed by atoms with Crippen LogP contribution in [0.4, 0.5) is 17.2 Å². The van der Waals surface area contributed by atoms with Gasteiger partial charge in [0, 0.05) is 12.7 Å². The summed E-state index contributed by atoms with van der Waals surface area (Å²) in [5.41, 5.74) is 8.20. The second-order valence-electron chi connectivity index (χ2n) is 4.33. The molecule has 0 unspecified atom stereocenters. The molecule has 2 aromatic rings. The lowest BCUT2D eigenvalue weighted by molar-refractivity contribution is 0.0697. The molecule has 0 amide bonds. The van der Waals surface area contributed by atoms with E-state index in [1.807, 2.05) is 31.2 Å². The van der Waals surface area contributed by atoms with E-state index in [1.165, 1.54) is 12.3 Å². The molecule has 5 nitrogen and oxygen atoms in total. The van der Waals surface area contributed by atoms with Crippen LogP contribution in [0.2, 0.25) is 0 Å². The number of benzene rings is 1. The molecule has 0 aliphatic carbocycles. The van der Waals surface area contributed by atoms with E-state index in [-0.39, 0.29) is 11.4 Å². The first-order valence-electron chi connectivity index (χ1n) is 5.78. The standard InChI is InChI=1S/C14H15N3O2/c1-9-3-5-10(6-4-9)17(2)12-8-16-13(15)7-11(12)14(18)19/h3-8H,1-2H3,(H2,15,16)(H,18,19). The van der Waals surface area contributed by atoms with Gasteiger partial charge in [0.2, 0.25) is 0 Å². The van der Waals surface area contributed by atoms with Gasteiger partial charge >= 0.3 is 5.97 Å². The Morgan fingerprint density at radius 3 is 2.53 bits per heavy atom. The maximum Gasteiger partial charge on any atom is 0.338 e. The highest BCUT2D eigenvalue weighted by Gasteiger charge is 2.15. The minimum atomic E-state index is -1.02. The van der Waals surface area contributed by atoms with Crippen LogP contribution in [0, 0.1) is 6.92 Å². The first-order valence-corrected chi connectivity index (χ1v) is 5.78. The number of nitrogen functional groups attached to an aromatic ring is 1. The summed E-state index contributed by atoms with van der Waals surface area (Å²) in [6.07, 6.45) is 1.47. The average Bonchev–Trinajstić information content (AvgIpc) is 2.38. The number of pyridine rings is 1. The number of hydrogen-bond donors (Lipinski definition) is 2. The number of rotatable bonds is 3. The molecule has 0 aliphatic heterocycles. The number of aromatic carboxylic acids is 1. The van der Waals surface area contributed by atoms with Crippen LogP contribution in [0.25, 0.3) is 0 Å². The summed E-state index contributed by atoms with van der Waals surface area (Å²) in [6, 6.07) is 9.16. The van der Waals surface area contributed by atoms with Crippen molar-refractivity contribution in [1.82, 2.24) is 4.98 Å². The van der Waals surface area contributed by atoms with Gasteiger partial charge < -0.3 is 15.7 Å². The highest BCUT2D eigenvalue weighted by Crippen LogP contribution is 2.27. The number of aromatic nitrogens is 1. The summed E-state index contributed by atoms with van der Waals surface area (Å²) in [5, 5.41) is 9.22. The molecule has 3 N–H and O–H groups in total. The van der Waals surface area contributed by atoms with Crippen molar-refractivity contribution in [1.29, 1.82) is 0 Å². The quantitative estimate of drug-likeness (QED) is 0.882. The summed E-state index contributed by atoms with van der Waals surface area (Å²) in [7, 11) is 1.80. The predicted octanol–water partition coefficient (Wildman–Crippen LogP) is 2.44. The van der Waals surface area contributed by atoms with Crippen molar-refractivity contribution in [2.24, 2.45) is 0 Å². The van der Waals surface area contributed by atoms with E-state index >= 15 is 0 Å². The van der Waals surface area contributed by atoms with Crippen molar-refractivity contribution >= 4 is 23.2 Å². The van der Waals surface area contributed by atoms with Crippen LogP contribution in [0.1, 0.15) is 15.9 Å². The van der Waals surface area contributed by atoms with Crippen molar-refractivity contribution in [3.8, 4) is 0 Å². The van der Waals surface area contributed by atoms with Crippen LogP contribution in [-0.2, 0) is 0 Å². The van der Waals surface area contributed by atoms with Gasteiger partial charge in [-0.05, 0) is 25.1 Å². The van der Waals surface area contributed by atoms with Crippen LogP contribution in [0.3, 0.4) is 0 Å². The molecule has 0 saturated carbocycles. The monoisotopic (exact) mass is 257 g/mol. The second kappa shape index (κ2) is 4.97. The van der Waals surface area contributed by atoms with E-state index in [0.717, 1.165) is 11.3 Å². The number of carboxylic acid groups (broad SMARTS) is 1. The minimum Gasteiger partial charge on any atom is -0.478 e. The molecule has 98 valence electrons. The summed E-state index contributed by atoms with van der Waals surface area (Å²) in [6.45, 7) is 2.00. The molecule has 0 bridgehead atoms. The molecule has 0 spiro atoms. The van der Waals surface area contributed by atoms with Crippen LogP contribution in [0.5, 0.6) is 0 Å². The van der Waals surface area contributed by atoms with Crippen molar-refractivity contribution in [2.45, 2.75) is 6.92 Å². The molecule has 0 radical (unpaired) electrons. The first-order chi connectivity index (χ1) is 8.99. The number of nitrogens with two attached hydrogens (primary N) is 1. The molecule has 1 heterocycles. The highest BCUT2D eigenvalue weighted by molar-refractivity contribution is 5.96. The Morgan fingerprint density at radius 1 is 1.32 bits per heavy atom. The van der Waals surface area contributed by atoms with Gasteiger partial charge in [-0.25, -0.2) is 9.78 Å².